The Labute approximate surface area is 95.8 Å². The van der Waals surface area contributed by atoms with Crippen LogP contribution in [0.4, 0.5) is 0 Å². The number of rotatable bonds is 2. The van der Waals surface area contributed by atoms with Crippen LogP contribution in [0.2, 0.25) is 0 Å². The van der Waals surface area contributed by atoms with Crippen LogP contribution in [0, 0.1) is 0 Å². The minimum Gasteiger partial charge on any atom is -0.338 e. The van der Waals surface area contributed by atoms with E-state index in [4.69, 9.17) is 4.52 Å². The van der Waals surface area contributed by atoms with Crippen LogP contribution in [0.3, 0.4) is 0 Å². The van der Waals surface area contributed by atoms with Crippen molar-refractivity contribution in [1.82, 2.24) is 15.5 Å². The first-order valence-corrected chi connectivity index (χ1v) is 6.35. The van der Waals surface area contributed by atoms with Gasteiger partial charge in [0.05, 0.1) is 6.04 Å². The van der Waals surface area contributed by atoms with Crippen molar-refractivity contribution >= 4 is 0 Å². The number of aromatic nitrogens is 2. The zero-order chi connectivity index (χ0) is 11.0. The summed E-state index contributed by atoms with van der Waals surface area (Å²) in [5, 5.41) is 7.60. The van der Waals surface area contributed by atoms with Crippen molar-refractivity contribution in [2.24, 2.45) is 0 Å². The molecule has 1 aromatic heterocycles. The molecule has 1 aromatic rings. The maximum absolute atomic E-state index is 5.40. The van der Waals surface area contributed by atoms with Crippen molar-refractivity contribution in [2.45, 2.75) is 56.9 Å². The van der Waals surface area contributed by atoms with Crippen LogP contribution in [0.15, 0.2) is 4.52 Å². The fraction of sp³-hybridized carbons (Fsp3) is 0.833. The van der Waals surface area contributed by atoms with Gasteiger partial charge in [-0.15, -0.1) is 0 Å². The van der Waals surface area contributed by atoms with Gasteiger partial charge in [-0.1, -0.05) is 24.9 Å². The monoisotopic (exact) mass is 221 g/mol. The third kappa shape index (κ3) is 1.65. The molecule has 0 bridgehead atoms. The fourth-order valence-electron chi connectivity index (χ4n) is 2.62. The Hall–Kier alpha value is -0.900. The number of hydrogen-bond acceptors (Lipinski definition) is 4. The van der Waals surface area contributed by atoms with Crippen LogP contribution in [-0.4, -0.2) is 16.7 Å². The first kappa shape index (κ1) is 10.3. The summed E-state index contributed by atoms with van der Waals surface area (Å²) in [5.74, 6) is 1.71. The van der Waals surface area contributed by atoms with Crippen molar-refractivity contribution in [3.05, 3.63) is 11.7 Å². The number of hydrogen-bond donors (Lipinski definition) is 1. The number of piperidine rings is 1. The Morgan fingerprint density at radius 1 is 1.31 bits per heavy atom. The van der Waals surface area contributed by atoms with E-state index >= 15 is 0 Å². The lowest BCUT2D eigenvalue weighted by Gasteiger charge is -2.34. The highest BCUT2D eigenvalue weighted by Gasteiger charge is 2.38. The molecule has 1 saturated carbocycles. The maximum atomic E-state index is 5.40. The first-order valence-electron chi connectivity index (χ1n) is 6.35. The Morgan fingerprint density at radius 3 is 2.81 bits per heavy atom. The van der Waals surface area contributed by atoms with Gasteiger partial charge in [-0.3, -0.25) is 0 Å². The van der Waals surface area contributed by atoms with E-state index in [1.54, 1.807) is 0 Å². The highest BCUT2D eigenvalue weighted by Crippen LogP contribution is 2.41. The zero-order valence-electron chi connectivity index (χ0n) is 9.83. The summed E-state index contributed by atoms with van der Waals surface area (Å²) in [5.41, 5.74) is 0.191. The average molecular weight is 221 g/mol. The van der Waals surface area contributed by atoms with E-state index in [0.717, 1.165) is 24.7 Å². The minimum absolute atomic E-state index is 0.191. The van der Waals surface area contributed by atoms with Gasteiger partial charge in [0.25, 0.3) is 0 Å². The molecule has 0 amide bonds. The second-order valence-electron chi connectivity index (χ2n) is 5.37. The van der Waals surface area contributed by atoms with Gasteiger partial charge in [0.2, 0.25) is 5.89 Å². The van der Waals surface area contributed by atoms with Crippen LogP contribution in [0.1, 0.15) is 63.2 Å². The summed E-state index contributed by atoms with van der Waals surface area (Å²) in [6, 6.07) is 0.290. The Morgan fingerprint density at radius 2 is 2.19 bits per heavy atom. The number of nitrogens with zero attached hydrogens (tertiary/aromatic N) is 2. The lowest BCUT2D eigenvalue weighted by Crippen LogP contribution is -2.32. The van der Waals surface area contributed by atoms with Crippen molar-refractivity contribution in [2.75, 3.05) is 6.54 Å². The molecule has 4 heteroatoms. The lowest BCUT2D eigenvalue weighted by molar-refractivity contribution is 0.242. The van der Waals surface area contributed by atoms with Gasteiger partial charge in [-0.05, 0) is 32.2 Å². The van der Waals surface area contributed by atoms with E-state index in [9.17, 15) is 0 Å². The Kier molecular flexibility index (Phi) is 2.46. The van der Waals surface area contributed by atoms with E-state index in [1.165, 1.54) is 32.1 Å². The van der Waals surface area contributed by atoms with E-state index in [0.29, 0.717) is 6.04 Å². The smallest absolute Gasteiger partial charge is 0.243 e. The first-order chi connectivity index (χ1) is 7.78. The molecule has 2 aliphatic rings. The molecule has 4 nitrogen and oxygen atoms in total. The van der Waals surface area contributed by atoms with Crippen LogP contribution in [-0.2, 0) is 5.41 Å². The third-order valence-corrected chi connectivity index (χ3v) is 4.05. The molecule has 0 radical (unpaired) electrons. The van der Waals surface area contributed by atoms with Gasteiger partial charge in [-0.25, -0.2) is 0 Å². The third-order valence-electron chi connectivity index (χ3n) is 4.05. The second kappa shape index (κ2) is 3.84. The summed E-state index contributed by atoms with van der Waals surface area (Å²) < 4.78 is 5.40. The number of nitrogens with one attached hydrogen (secondary N) is 1. The van der Waals surface area contributed by atoms with Crippen LogP contribution < -0.4 is 5.32 Å². The van der Waals surface area contributed by atoms with E-state index < -0.39 is 0 Å². The summed E-state index contributed by atoms with van der Waals surface area (Å²) >= 11 is 0. The molecular formula is C12H19N3O. The quantitative estimate of drug-likeness (QED) is 0.832. The standard InChI is InChI=1S/C12H19N3O/c1-12(6-4-7-12)11-14-10(16-15-11)9-5-2-3-8-13-9/h9,13H,2-8H2,1H3. The van der Waals surface area contributed by atoms with Crippen LogP contribution >= 0.6 is 0 Å². The molecule has 3 rings (SSSR count). The van der Waals surface area contributed by atoms with Gasteiger partial charge < -0.3 is 9.84 Å². The molecule has 1 aliphatic heterocycles. The molecular weight excluding hydrogens is 202 g/mol. The molecule has 0 spiro atoms. The van der Waals surface area contributed by atoms with Crippen LogP contribution in [0.5, 0.6) is 0 Å². The normalized spacial score (nSPS) is 28.7. The molecule has 0 aromatic carbocycles. The predicted molar refractivity (Wildman–Crippen MR) is 60.1 cm³/mol. The van der Waals surface area contributed by atoms with Crippen molar-refractivity contribution in [3.63, 3.8) is 0 Å². The highest BCUT2D eigenvalue weighted by molar-refractivity contribution is 5.10. The van der Waals surface area contributed by atoms with Gasteiger partial charge >= 0.3 is 0 Å². The molecule has 1 unspecified atom stereocenters. The molecule has 2 fully saturated rings. The SMILES string of the molecule is CC1(c2noc(C3CCCCN3)n2)CCC1. The molecule has 88 valence electrons. The highest BCUT2D eigenvalue weighted by atomic mass is 16.5. The van der Waals surface area contributed by atoms with Crippen molar-refractivity contribution < 1.29 is 4.52 Å². The second-order valence-corrected chi connectivity index (χ2v) is 5.37. The molecule has 16 heavy (non-hydrogen) atoms. The summed E-state index contributed by atoms with van der Waals surface area (Å²) in [7, 11) is 0. The van der Waals surface area contributed by atoms with E-state index in [-0.39, 0.29) is 5.41 Å². The Bertz CT molecular complexity index is 364. The predicted octanol–water partition coefficient (Wildman–Crippen LogP) is 2.33. The van der Waals surface area contributed by atoms with Crippen molar-refractivity contribution in [1.29, 1.82) is 0 Å². The van der Waals surface area contributed by atoms with E-state index in [1.807, 2.05) is 0 Å². The van der Waals surface area contributed by atoms with E-state index in [2.05, 4.69) is 22.4 Å². The Balaban J connectivity index is 1.76. The zero-order valence-corrected chi connectivity index (χ0v) is 9.83. The molecule has 2 heterocycles. The summed E-state index contributed by atoms with van der Waals surface area (Å²) in [4.78, 5) is 4.59. The minimum atomic E-state index is 0.191. The maximum Gasteiger partial charge on any atom is 0.243 e. The average Bonchev–Trinajstić information content (AvgIpc) is 2.77. The van der Waals surface area contributed by atoms with Gasteiger partial charge in [0.15, 0.2) is 5.82 Å². The molecule has 1 N–H and O–H groups in total. The van der Waals surface area contributed by atoms with Crippen molar-refractivity contribution in [3.8, 4) is 0 Å². The van der Waals surface area contributed by atoms with Gasteiger partial charge in [0, 0.05) is 5.41 Å². The molecule has 1 atom stereocenters. The lowest BCUT2D eigenvalue weighted by atomic mass is 9.70. The molecule has 1 saturated heterocycles. The summed E-state index contributed by atoms with van der Waals surface area (Å²) in [6.07, 6.45) is 7.33. The fourth-order valence-corrected chi connectivity index (χ4v) is 2.62. The molecule has 1 aliphatic carbocycles. The largest absolute Gasteiger partial charge is 0.338 e. The topological polar surface area (TPSA) is 51.0 Å². The van der Waals surface area contributed by atoms with Gasteiger partial charge in [0.1, 0.15) is 0 Å². The summed E-state index contributed by atoms with van der Waals surface area (Å²) in [6.45, 7) is 3.30. The van der Waals surface area contributed by atoms with Gasteiger partial charge in [-0.2, -0.15) is 4.98 Å². The van der Waals surface area contributed by atoms with Crippen LogP contribution in [0.25, 0.3) is 0 Å².